The Labute approximate surface area is 142 Å². The van der Waals surface area contributed by atoms with Gasteiger partial charge in [0, 0.05) is 37.9 Å². The van der Waals surface area contributed by atoms with Crippen molar-refractivity contribution in [2.45, 2.75) is 31.4 Å². The minimum absolute atomic E-state index is 0.216. The first-order valence-electron chi connectivity index (χ1n) is 8.75. The van der Waals surface area contributed by atoms with Crippen LogP contribution in [0.15, 0.2) is 48.8 Å². The van der Waals surface area contributed by atoms with E-state index in [1.807, 2.05) is 12.3 Å². The van der Waals surface area contributed by atoms with Crippen molar-refractivity contribution in [1.82, 2.24) is 9.88 Å². The summed E-state index contributed by atoms with van der Waals surface area (Å²) in [6, 6.07) is 10.5. The van der Waals surface area contributed by atoms with E-state index in [-0.39, 0.29) is 11.7 Å². The van der Waals surface area contributed by atoms with Gasteiger partial charge in [-0.1, -0.05) is 18.2 Å². The van der Waals surface area contributed by atoms with E-state index in [2.05, 4.69) is 16.0 Å². The molecule has 1 saturated carbocycles. The van der Waals surface area contributed by atoms with E-state index in [0.717, 1.165) is 44.5 Å². The van der Waals surface area contributed by atoms with Gasteiger partial charge in [0.25, 0.3) is 0 Å². The summed E-state index contributed by atoms with van der Waals surface area (Å²) in [7, 11) is 0. The van der Waals surface area contributed by atoms with Crippen molar-refractivity contribution in [3.63, 3.8) is 0 Å². The molecule has 1 aliphatic heterocycles. The molecule has 24 heavy (non-hydrogen) atoms. The first-order valence-corrected chi connectivity index (χ1v) is 8.75. The Hall–Kier alpha value is -1.78. The molecule has 3 atom stereocenters. The zero-order valence-electron chi connectivity index (χ0n) is 13.7. The topological polar surface area (TPSA) is 36.4 Å². The third kappa shape index (κ3) is 2.85. The number of hydrogen-bond acceptors (Lipinski definition) is 3. The van der Waals surface area contributed by atoms with Gasteiger partial charge in [-0.05, 0) is 54.5 Å². The Morgan fingerprint density at radius 1 is 1.21 bits per heavy atom. The van der Waals surface area contributed by atoms with Crippen molar-refractivity contribution >= 4 is 0 Å². The van der Waals surface area contributed by atoms with Gasteiger partial charge in [-0.15, -0.1) is 0 Å². The van der Waals surface area contributed by atoms with Crippen LogP contribution >= 0.6 is 0 Å². The van der Waals surface area contributed by atoms with E-state index >= 15 is 0 Å². The van der Waals surface area contributed by atoms with Crippen LogP contribution in [0.5, 0.6) is 0 Å². The summed E-state index contributed by atoms with van der Waals surface area (Å²) in [6.45, 7) is 2.77. The molecule has 0 spiro atoms. The average molecular weight is 326 g/mol. The lowest BCUT2D eigenvalue weighted by Gasteiger charge is -2.41. The van der Waals surface area contributed by atoms with Crippen molar-refractivity contribution in [1.29, 1.82) is 0 Å². The van der Waals surface area contributed by atoms with Gasteiger partial charge >= 0.3 is 0 Å². The van der Waals surface area contributed by atoms with E-state index in [1.54, 1.807) is 18.3 Å². The maximum atomic E-state index is 13.3. The zero-order chi connectivity index (χ0) is 16.6. The Kier molecular flexibility index (Phi) is 4.10. The van der Waals surface area contributed by atoms with Crippen molar-refractivity contribution in [3.05, 3.63) is 65.7 Å². The summed E-state index contributed by atoms with van der Waals surface area (Å²) >= 11 is 0. The summed E-state index contributed by atoms with van der Waals surface area (Å²) in [5.74, 6) is 0.471. The molecule has 2 aromatic rings. The molecule has 2 aliphatic rings. The monoisotopic (exact) mass is 326 g/mol. The van der Waals surface area contributed by atoms with Crippen LogP contribution < -0.4 is 0 Å². The number of aromatic nitrogens is 1. The SMILES string of the molecule is O[C@]1(c2ccc(F)cc2)CCC[C@@H]2CN(Cc3cccnc3)C[C@@H]21. The maximum Gasteiger partial charge on any atom is 0.123 e. The molecule has 1 aromatic carbocycles. The van der Waals surface area contributed by atoms with Gasteiger partial charge in [0.1, 0.15) is 5.82 Å². The Bertz CT molecular complexity index is 691. The van der Waals surface area contributed by atoms with Crippen molar-refractivity contribution < 1.29 is 9.50 Å². The molecule has 0 unspecified atom stereocenters. The fraction of sp³-hybridized carbons (Fsp3) is 0.450. The molecule has 0 amide bonds. The third-order valence-electron chi connectivity index (χ3n) is 5.74. The van der Waals surface area contributed by atoms with Gasteiger partial charge in [-0.2, -0.15) is 0 Å². The highest BCUT2D eigenvalue weighted by Crippen LogP contribution is 2.48. The highest BCUT2D eigenvalue weighted by atomic mass is 19.1. The molecule has 3 nitrogen and oxygen atoms in total. The summed E-state index contributed by atoms with van der Waals surface area (Å²) in [5.41, 5.74) is 1.24. The summed E-state index contributed by atoms with van der Waals surface area (Å²) in [4.78, 5) is 6.61. The molecule has 1 saturated heterocycles. The zero-order valence-corrected chi connectivity index (χ0v) is 13.7. The molecule has 1 N–H and O–H groups in total. The first-order chi connectivity index (χ1) is 11.6. The summed E-state index contributed by atoms with van der Waals surface area (Å²) in [6.07, 6.45) is 6.66. The molecule has 2 fully saturated rings. The third-order valence-corrected chi connectivity index (χ3v) is 5.74. The molecule has 0 radical (unpaired) electrons. The smallest absolute Gasteiger partial charge is 0.123 e. The summed E-state index contributed by atoms with van der Waals surface area (Å²) in [5, 5.41) is 11.4. The first kappa shape index (κ1) is 15.7. The van der Waals surface area contributed by atoms with Crippen molar-refractivity contribution in [2.24, 2.45) is 11.8 Å². The van der Waals surface area contributed by atoms with Gasteiger partial charge in [-0.25, -0.2) is 4.39 Å². The number of halogens is 1. The number of aliphatic hydroxyl groups is 1. The Balaban J connectivity index is 1.55. The Morgan fingerprint density at radius 3 is 2.79 bits per heavy atom. The average Bonchev–Trinajstić information content (AvgIpc) is 3.00. The molecular formula is C20H23FN2O. The van der Waals surface area contributed by atoms with Crippen LogP contribution in [0.3, 0.4) is 0 Å². The lowest BCUT2D eigenvalue weighted by molar-refractivity contribution is -0.0648. The molecular weight excluding hydrogens is 303 g/mol. The van der Waals surface area contributed by atoms with Gasteiger partial charge in [0.05, 0.1) is 5.60 Å². The second kappa shape index (κ2) is 6.26. The quantitative estimate of drug-likeness (QED) is 0.940. The lowest BCUT2D eigenvalue weighted by Crippen LogP contribution is -2.42. The largest absolute Gasteiger partial charge is 0.385 e. The van der Waals surface area contributed by atoms with Crippen LogP contribution in [-0.2, 0) is 12.1 Å². The number of hydrogen-bond donors (Lipinski definition) is 1. The molecule has 4 heteroatoms. The molecule has 0 bridgehead atoms. The Morgan fingerprint density at radius 2 is 2.04 bits per heavy atom. The molecule has 4 rings (SSSR count). The molecule has 2 heterocycles. The predicted octanol–water partition coefficient (Wildman–Crippen LogP) is 3.34. The van der Waals surface area contributed by atoms with Crippen molar-refractivity contribution in [3.8, 4) is 0 Å². The normalized spacial score (nSPS) is 30.2. The van der Waals surface area contributed by atoms with Crippen LogP contribution in [0.1, 0.15) is 30.4 Å². The summed E-state index contributed by atoms with van der Waals surface area (Å²) < 4.78 is 13.3. The van der Waals surface area contributed by atoms with Gasteiger partial charge in [0.2, 0.25) is 0 Å². The van der Waals surface area contributed by atoms with Crippen LogP contribution in [0.25, 0.3) is 0 Å². The maximum absolute atomic E-state index is 13.3. The highest BCUT2D eigenvalue weighted by Gasteiger charge is 2.49. The number of benzene rings is 1. The van der Waals surface area contributed by atoms with Crippen LogP contribution in [0.2, 0.25) is 0 Å². The van der Waals surface area contributed by atoms with E-state index in [1.165, 1.54) is 17.7 Å². The van der Waals surface area contributed by atoms with Gasteiger partial charge < -0.3 is 5.11 Å². The second-order valence-electron chi connectivity index (χ2n) is 7.25. The number of likely N-dealkylation sites (tertiary alicyclic amines) is 1. The van der Waals surface area contributed by atoms with Crippen LogP contribution in [-0.4, -0.2) is 28.1 Å². The van der Waals surface area contributed by atoms with E-state index in [4.69, 9.17) is 0 Å². The van der Waals surface area contributed by atoms with Crippen LogP contribution in [0, 0.1) is 17.7 Å². The van der Waals surface area contributed by atoms with E-state index in [9.17, 15) is 9.50 Å². The second-order valence-corrected chi connectivity index (χ2v) is 7.25. The number of pyridine rings is 1. The minimum Gasteiger partial charge on any atom is -0.385 e. The minimum atomic E-state index is -0.833. The fourth-order valence-electron chi connectivity index (χ4n) is 4.59. The number of rotatable bonds is 3. The van der Waals surface area contributed by atoms with Crippen LogP contribution in [0.4, 0.5) is 4.39 Å². The predicted molar refractivity (Wildman–Crippen MR) is 90.6 cm³/mol. The molecule has 1 aromatic heterocycles. The highest BCUT2D eigenvalue weighted by molar-refractivity contribution is 5.26. The lowest BCUT2D eigenvalue weighted by atomic mass is 9.67. The van der Waals surface area contributed by atoms with Crippen molar-refractivity contribution in [2.75, 3.05) is 13.1 Å². The standard InChI is InChI=1S/C20H23FN2O/c21-18-7-5-17(6-8-18)20(24)9-1-4-16-13-23(14-19(16)20)12-15-3-2-10-22-11-15/h2-3,5-8,10-11,16,19,24H,1,4,9,12-14H2/t16-,19+,20+/m1/s1. The van der Waals surface area contributed by atoms with Gasteiger partial charge in [-0.3, -0.25) is 9.88 Å². The molecule has 1 aliphatic carbocycles. The fourth-order valence-corrected chi connectivity index (χ4v) is 4.59. The number of fused-ring (bicyclic) bond motifs is 1. The molecule has 126 valence electrons. The van der Waals surface area contributed by atoms with E-state index in [0.29, 0.717) is 5.92 Å². The van der Waals surface area contributed by atoms with Gasteiger partial charge in [0.15, 0.2) is 0 Å². The van der Waals surface area contributed by atoms with E-state index < -0.39 is 5.60 Å². The number of nitrogens with zero attached hydrogens (tertiary/aromatic N) is 2.